The summed E-state index contributed by atoms with van der Waals surface area (Å²) in [4.78, 5) is 24.5. The normalized spacial score (nSPS) is 11.2. The summed E-state index contributed by atoms with van der Waals surface area (Å²) in [7, 11) is -1.93. The molecule has 216 valence electrons. The van der Waals surface area contributed by atoms with Gasteiger partial charge in [-0.05, 0) is 57.0 Å². The summed E-state index contributed by atoms with van der Waals surface area (Å²) in [5, 5.41) is 7.56. The smallest absolute Gasteiger partial charge is 0.228 e. The number of aromatic nitrogens is 5. The number of nitrogens with zero attached hydrogens (tertiary/aromatic N) is 5. The summed E-state index contributed by atoms with van der Waals surface area (Å²) < 4.78 is 41.7. The second kappa shape index (κ2) is 12.6. The average molecular weight is 579 g/mol. The first-order valence-corrected chi connectivity index (χ1v) is 13.7. The van der Waals surface area contributed by atoms with E-state index in [1.165, 1.54) is 12.3 Å². The van der Waals surface area contributed by atoms with E-state index in [9.17, 15) is 9.00 Å². The number of benzene rings is 2. The highest BCUT2D eigenvalue weighted by Crippen LogP contribution is 2.34. The fraction of sp³-hybridized carbons (Fsp3) is 0.207. The van der Waals surface area contributed by atoms with Crippen LogP contribution in [0.2, 0.25) is 0 Å². The Morgan fingerprint density at radius 3 is 2.39 bits per heavy atom. The summed E-state index contributed by atoms with van der Waals surface area (Å²) in [6.07, 6.45) is 11.4. The Hall–Kier alpha value is -4.71. The monoisotopic (exact) mass is 578 g/mol. The molecule has 2 N–H and O–H groups in total. The summed E-state index contributed by atoms with van der Waals surface area (Å²) in [5.74, 6) is -0.559. The molecule has 41 heavy (non-hydrogen) atoms. The van der Waals surface area contributed by atoms with Crippen LogP contribution in [0.1, 0.15) is 34.8 Å². The van der Waals surface area contributed by atoms with Crippen LogP contribution in [0.5, 0.6) is 11.5 Å². The maximum Gasteiger partial charge on any atom is 0.228 e. The van der Waals surface area contributed by atoms with Gasteiger partial charge in [-0.3, -0.25) is 24.4 Å². The first-order chi connectivity index (χ1) is 19.5. The van der Waals surface area contributed by atoms with E-state index >= 15 is 4.39 Å². The average Bonchev–Trinajstić information content (AvgIpc) is 3.41. The lowest BCUT2D eigenvalue weighted by Gasteiger charge is -2.18. The molecule has 0 saturated carbocycles. The maximum absolute atomic E-state index is 15.1. The number of pyridine rings is 1. The van der Waals surface area contributed by atoms with E-state index in [-0.39, 0.29) is 26.5 Å². The Labute approximate surface area is 241 Å². The fourth-order valence-corrected chi connectivity index (χ4v) is 4.26. The van der Waals surface area contributed by atoms with Gasteiger partial charge in [0.1, 0.15) is 5.75 Å². The van der Waals surface area contributed by atoms with Crippen molar-refractivity contribution in [1.82, 2.24) is 24.7 Å². The topological polar surface area (TPSA) is 136 Å². The lowest BCUT2D eigenvalue weighted by Crippen LogP contribution is -2.22. The molecular weight excluding hydrogens is 545 g/mol. The minimum Gasteiger partial charge on any atom is -0.453 e. The predicted molar refractivity (Wildman–Crippen MR) is 158 cm³/mol. The van der Waals surface area contributed by atoms with Crippen molar-refractivity contribution in [3.8, 4) is 11.5 Å². The van der Waals surface area contributed by atoms with Crippen molar-refractivity contribution in [3.63, 3.8) is 0 Å². The zero-order valence-corrected chi connectivity index (χ0v) is 23.8. The molecule has 0 saturated heterocycles. The maximum atomic E-state index is 15.1. The number of nitrogens with one attached hydrogen (secondary N) is 2. The Bertz CT molecular complexity index is 1700. The van der Waals surface area contributed by atoms with Crippen molar-refractivity contribution in [3.05, 3.63) is 96.7 Å². The second-order valence-electron chi connectivity index (χ2n) is 10.0. The lowest BCUT2D eigenvalue weighted by molar-refractivity contribution is -0.115. The quantitative estimate of drug-likeness (QED) is 0.215. The SMILES string of the molecule is Cc1cc(CC(=O)Nc2cnn(C(C)(C)C)c2)cc(F)c1Oc1ccnc2ccc([S-](=N)=O)cc12.[HH].[HH].c1cnccn1. The Balaban J connectivity index is 0.000000720. The van der Waals surface area contributed by atoms with Crippen LogP contribution in [0.4, 0.5) is 10.1 Å². The summed E-state index contributed by atoms with van der Waals surface area (Å²) >= 11 is 0. The van der Waals surface area contributed by atoms with E-state index in [0.29, 0.717) is 38.4 Å². The number of aryl methyl sites for hydroxylation is 1. The van der Waals surface area contributed by atoms with Gasteiger partial charge in [0.05, 0.1) is 29.4 Å². The number of anilines is 1. The predicted octanol–water partition coefficient (Wildman–Crippen LogP) is 6.66. The molecule has 3 heterocycles. The van der Waals surface area contributed by atoms with Gasteiger partial charge >= 0.3 is 0 Å². The summed E-state index contributed by atoms with van der Waals surface area (Å²) in [6.45, 7) is 7.71. The zero-order valence-electron chi connectivity index (χ0n) is 23.0. The van der Waals surface area contributed by atoms with Crippen LogP contribution < -0.4 is 10.1 Å². The van der Waals surface area contributed by atoms with E-state index in [0.717, 1.165) is 0 Å². The standard InChI is InChI=1S/C25H25FN5O3S.C4H4N2.2H2/c1-15-9-16(11-23(32)30-17-13-29-31(14-17)25(2,3)4)10-20(26)24(15)34-22-7-8-28-21-6-5-18(35(27)33)12-19(21)22;1-2-6-4-3-5-1;;/h5-10,12-14,27H,11H2,1-4H3,(H,30,32);1-4H;2*1H/q-1;;;. The minimum atomic E-state index is -1.93. The molecular formula is C29H33FN7O3S-. The van der Waals surface area contributed by atoms with Gasteiger partial charge in [0.2, 0.25) is 5.91 Å². The molecule has 0 aliphatic rings. The van der Waals surface area contributed by atoms with E-state index in [1.54, 1.807) is 79.1 Å². The number of rotatable bonds is 6. The summed E-state index contributed by atoms with van der Waals surface area (Å²) in [5.41, 5.74) is 1.94. The minimum absolute atomic E-state index is 0. The van der Waals surface area contributed by atoms with Crippen LogP contribution in [0, 0.1) is 17.5 Å². The van der Waals surface area contributed by atoms with Crippen LogP contribution in [-0.2, 0) is 31.6 Å². The van der Waals surface area contributed by atoms with Gasteiger partial charge in [-0.2, -0.15) is 15.7 Å². The molecule has 0 fully saturated rings. The van der Waals surface area contributed by atoms with Crippen molar-refractivity contribution in [2.24, 2.45) is 0 Å². The van der Waals surface area contributed by atoms with Gasteiger partial charge in [0.15, 0.2) is 11.6 Å². The van der Waals surface area contributed by atoms with Crippen molar-refractivity contribution in [1.29, 1.82) is 4.78 Å². The number of carbonyl (C=O) groups excluding carboxylic acids is 1. The van der Waals surface area contributed by atoms with E-state index < -0.39 is 16.4 Å². The number of hydrogen-bond acceptors (Lipinski definition) is 9. The van der Waals surface area contributed by atoms with Gasteiger partial charge in [0.25, 0.3) is 0 Å². The van der Waals surface area contributed by atoms with Crippen molar-refractivity contribution < 1.29 is 21.0 Å². The lowest BCUT2D eigenvalue weighted by atomic mass is 10.1. The van der Waals surface area contributed by atoms with Crippen molar-refractivity contribution >= 4 is 33.1 Å². The van der Waals surface area contributed by atoms with E-state index in [2.05, 4.69) is 25.4 Å². The highest BCUT2D eigenvalue weighted by Gasteiger charge is 2.17. The number of carbonyl (C=O) groups is 1. The van der Waals surface area contributed by atoms with Crippen LogP contribution in [0.25, 0.3) is 10.9 Å². The molecule has 5 aromatic rings. The van der Waals surface area contributed by atoms with Gasteiger partial charge in [0, 0.05) is 45.4 Å². The molecule has 10 nitrogen and oxygen atoms in total. The molecule has 0 aliphatic carbocycles. The third-order valence-electron chi connectivity index (χ3n) is 5.78. The molecule has 5 rings (SSSR count). The fourth-order valence-electron chi connectivity index (χ4n) is 3.85. The number of amides is 1. The van der Waals surface area contributed by atoms with Gasteiger partial charge < -0.3 is 19.0 Å². The molecule has 0 aliphatic heterocycles. The Morgan fingerprint density at radius 1 is 1.10 bits per heavy atom. The van der Waals surface area contributed by atoms with E-state index in [4.69, 9.17) is 9.52 Å². The van der Waals surface area contributed by atoms with Crippen LogP contribution >= 0.6 is 0 Å². The first-order valence-electron chi connectivity index (χ1n) is 12.5. The molecule has 1 amide bonds. The van der Waals surface area contributed by atoms with Crippen molar-refractivity contribution in [2.75, 3.05) is 5.32 Å². The summed E-state index contributed by atoms with van der Waals surface area (Å²) in [6, 6.07) is 9.30. The number of fused-ring (bicyclic) bond motifs is 1. The molecule has 0 atom stereocenters. The Morgan fingerprint density at radius 2 is 1.80 bits per heavy atom. The van der Waals surface area contributed by atoms with Gasteiger partial charge in [-0.15, -0.1) is 0 Å². The third-order valence-corrected chi connectivity index (χ3v) is 6.47. The molecule has 12 heteroatoms. The number of hydrogen-bond donors (Lipinski definition) is 2. The third kappa shape index (κ3) is 7.70. The highest BCUT2D eigenvalue weighted by molar-refractivity contribution is 7.73. The first kappa shape index (κ1) is 29.3. The number of ether oxygens (including phenoxy) is 1. The van der Waals surface area contributed by atoms with Gasteiger partial charge in [-0.25, -0.2) is 4.39 Å². The zero-order chi connectivity index (χ0) is 29.6. The van der Waals surface area contributed by atoms with E-state index in [1.807, 2.05) is 20.8 Å². The molecule has 0 unspecified atom stereocenters. The molecule has 0 radical (unpaired) electrons. The molecule has 0 spiro atoms. The largest absolute Gasteiger partial charge is 0.453 e. The Kier molecular flexibility index (Phi) is 9.03. The van der Waals surface area contributed by atoms with Crippen LogP contribution in [-0.4, -0.2) is 30.6 Å². The van der Waals surface area contributed by atoms with Gasteiger partial charge in [-0.1, -0.05) is 23.1 Å². The van der Waals surface area contributed by atoms with Crippen LogP contribution in [0.3, 0.4) is 0 Å². The van der Waals surface area contributed by atoms with Crippen molar-refractivity contribution in [2.45, 2.75) is 44.6 Å². The highest BCUT2D eigenvalue weighted by atomic mass is 32.2. The molecule has 0 bridgehead atoms. The number of halogens is 1. The molecule has 2 aromatic carbocycles. The second-order valence-corrected chi connectivity index (χ2v) is 11.1. The van der Waals surface area contributed by atoms with Crippen LogP contribution in [0.15, 0.2) is 84.7 Å². The molecule has 3 aromatic heterocycles.